The van der Waals surface area contributed by atoms with Crippen LogP contribution in [0.15, 0.2) is 18.2 Å². The van der Waals surface area contributed by atoms with Crippen molar-refractivity contribution in [3.63, 3.8) is 0 Å². The standard InChI is InChI=1S/C14H15F5N2O3/c15-13(16,14(17,18)19)11-2-1-10(21(22)23)7-12(11)24-8-9-3-5-20-6-4-9/h1-2,7,9,20H,3-6,8H2. The number of nitrogens with zero attached hydrogens (tertiary/aromatic N) is 1. The summed E-state index contributed by atoms with van der Waals surface area (Å²) in [6.07, 6.45) is -4.46. The van der Waals surface area contributed by atoms with Crippen LogP contribution in [0, 0.1) is 16.0 Å². The summed E-state index contributed by atoms with van der Waals surface area (Å²) < 4.78 is 70.2. The van der Waals surface area contributed by atoms with Crippen LogP contribution in [0.5, 0.6) is 5.75 Å². The van der Waals surface area contributed by atoms with Crippen LogP contribution in [0.3, 0.4) is 0 Å². The molecule has 1 heterocycles. The molecule has 1 saturated heterocycles. The lowest BCUT2D eigenvalue weighted by Gasteiger charge is -2.25. The van der Waals surface area contributed by atoms with Gasteiger partial charge in [0, 0.05) is 6.07 Å². The molecule has 0 unspecified atom stereocenters. The van der Waals surface area contributed by atoms with E-state index in [9.17, 15) is 32.1 Å². The molecule has 0 aromatic heterocycles. The summed E-state index contributed by atoms with van der Waals surface area (Å²) >= 11 is 0. The average molecular weight is 354 g/mol. The summed E-state index contributed by atoms with van der Waals surface area (Å²) in [4.78, 5) is 9.87. The molecule has 10 heteroatoms. The van der Waals surface area contributed by atoms with Crippen LogP contribution in [0.25, 0.3) is 0 Å². The Morgan fingerprint density at radius 2 is 1.83 bits per heavy atom. The predicted molar refractivity (Wildman–Crippen MR) is 74.1 cm³/mol. The van der Waals surface area contributed by atoms with E-state index in [1.165, 1.54) is 0 Å². The third-order valence-corrected chi connectivity index (χ3v) is 3.80. The molecule has 0 spiro atoms. The largest absolute Gasteiger partial charge is 0.493 e. The molecule has 134 valence electrons. The number of nitrogens with one attached hydrogen (secondary N) is 1. The molecule has 2 rings (SSSR count). The molecule has 5 nitrogen and oxygen atoms in total. The second kappa shape index (κ2) is 6.88. The SMILES string of the molecule is O=[N+]([O-])c1ccc(C(F)(F)C(F)(F)F)c(OCC2CCNCC2)c1. The smallest absolute Gasteiger partial charge is 0.458 e. The van der Waals surface area contributed by atoms with Gasteiger partial charge in [-0.1, -0.05) is 0 Å². The van der Waals surface area contributed by atoms with Gasteiger partial charge in [-0.3, -0.25) is 10.1 Å². The van der Waals surface area contributed by atoms with Gasteiger partial charge in [0.1, 0.15) is 5.75 Å². The van der Waals surface area contributed by atoms with Gasteiger partial charge in [-0.25, -0.2) is 0 Å². The van der Waals surface area contributed by atoms with Crippen LogP contribution in [0.1, 0.15) is 18.4 Å². The maximum atomic E-state index is 13.6. The van der Waals surface area contributed by atoms with E-state index < -0.39 is 34.0 Å². The molecule has 1 aromatic carbocycles. The Bertz CT molecular complexity index is 601. The number of rotatable bonds is 5. The van der Waals surface area contributed by atoms with Gasteiger partial charge in [0.05, 0.1) is 23.2 Å². The minimum atomic E-state index is -5.82. The fourth-order valence-electron chi connectivity index (χ4n) is 2.41. The molecule has 1 aliphatic heterocycles. The number of nitro benzene ring substituents is 1. The maximum Gasteiger partial charge on any atom is 0.458 e. The summed E-state index contributed by atoms with van der Waals surface area (Å²) in [5, 5.41) is 13.8. The van der Waals surface area contributed by atoms with Gasteiger partial charge < -0.3 is 10.1 Å². The van der Waals surface area contributed by atoms with Crippen molar-refractivity contribution in [2.75, 3.05) is 19.7 Å². The summed E-state index contributed by atoms with van der Waals surface area (Å²) in [5.74, 6) is -5.99. The predicted octanol–water partition coefficient (Wildman–Crippen LogP) is 3.63. The monoisotopic (exact) mass is 354 g/mol. The lowest BCUT2D eigenvalue weighted by atomic mass is 9.99. The van der Waals surface area contributed by atoms with Crippen LogP contribution in [0.2, 0.25) is 0 Å². The van der Waals surface area contributed by atoms with E-state index in [2.05, 4.69) is 5.32 Å². The van der Waals surface area contributed by atoms with E-state index in [0.29, 0.717) is 44.1 Å². The normalized spacial score (nSPS) is 16.9. The first kappa shape index (κ1) is 18.4. The molecule has 1 aromatic rings. The highest BCUT2D eigenvalue weighted by Crippen LogP contribution is 2.47. The zero-order valence-corrected chi connectivity index (χ0v) is 12.4. The number of halogens is 5. The van der Waals surface area contributed by atoms with Crippen molar-refractivity contribution in [2.45, 2.75) is 24.9 Å². The first-order valence-electron chi connectivity index (χ1n) is 7.20. The van der Waals surface area contributed by atoms with Crippen molar-refractivity contribution in [1.29, 1.82) is 0 Å². The minimum Gasteiger partial charge on any atom is -0.493 e. The van der Waals surface area contributed by atoms with Gasteiger partial charge in [-0.15, -0.1) is 0 Å². The Kier molecular flexibility index (Phi) is 5.26. The van der Waals surface area contributed by atoms with Crippen molar-refractivity contribution in [1.82, 2.24) is 5.32 Å². The van der Waals surface area contributed by atoms with Crippen molar-refractivity contribution in [2.24, 2.45) is 5.92 Å². The van der Waals surface area contributed by atoms with Gasteiger partial charge in [-0.2, -0.15) is 22.0 Å². The van der Waals surface area contributed by atoms with E-state index in [0.717, 1.165) is 0 Å². The molecule has 24 heavy (non-hydrogen) atoms. The Labute approximate surface area is 133 Å². The van der Waals surface area contributed by atoms with Gasteiger partial charge >= 0.3 is 12.1 Å². The van der Waals surface area contributed by atoms with Gasteiger partial charge in [-0.05, 0) is 37.9 Å². The van der Waals surface area contributed by atoms with Crippen molar-refractivity contribution >= 4 is 5.69 Å². The van der Waals surface area contributed by atoms with E-state index >= 15 is 0 Å². The summed E-state index contributed by atoms with van der Waals surface area (Å²) in [6.45, 7) is 1.30. The second-order valence-electron chi connectivity index (χ2n) is 5.51. The first-order valence-corrected chi connectivity index (χ1v) is 7.20. The lowest BCUT2D eigenvalue weighted by Crippen LogP contribution is -2.34. The number of benzene rings is 1. The highest BCUT2D eigenvalue weighted by Gasteiger charge is 2.60. The molecule has 0 aliphatic carbocycles. The zero-order valence-electron chi connectivity index (χ0n) is 12.4. The van der Waals surface area contributed by atoms with Crippen LogP contribution in [0.4, 0.5) is 27.6 Å². The highest BCUT2D eigenvalue weighted by molar-refractivity contribution is 5.46. The zero-order chi connectivity index (χ0) is 18.0. The number of piperidine rings is 1. The Morgan fingerprint density at radius 3 is 2.38 bits per heavy atom. The number of hydrogen-bond donors (Lipinski definition) is 1. The molecule has 0 atom stereocenters. The topological polar surface area (TPSA) is 64.4 Å². The number of hydrogen-bond acceptors (Lipinski definition) is 4. The van der Waals surface area contributed by atoms with E-state index in [-0.39, 0.29) is 12.5 Å². The van der Waals surface area contributed by atoms with Crippen LogP contribution >= 0.6 is 0 Å². The van der Waals surface area contributed by atoms with E-state index in [1.54, 1.807) is 0 Å². The quantitative estimate of drug-likeness (QED) is 0.498. The fraction of sp³-hybridized carbons (Fsp3) is 0.571. The molecule has 1 fully saturated rings. The molecule has 0 radical (unpaired) electrons. The Hall–Kier alpha value is -1.97. The number of nitro groups is 1. The summed E-state index contributed by atoms with van der Waals surface area (Å²) in [5.41, 5.74) is -2.04. The molecule has 1 aliphatic rings. The highest BCUT2D eigenvalue weighted by atomic mass is 19.4. The lowest BCUT2D eigenvalue weighted by molar-refractivity contribution is -0.385. The van der Waals surface area contributed by atoms with Gasteiger partial charge in [0.25, 0.3) is 5.69 Å². The molecule has 0 amide bonds. The third kappa shape index (κ3) is 3.92. The summed E-state index contributed by atoms with van der Waals surface area (Å²) in [7, 11) is 0. The average Bonchev–Trinajstić information content (AvgIpc) is 2.52. The molecule has 0 bridgehead atoms. The van der Waals surface area contributed by atoms with Crippen molar-refractivity contribution in [3.8, 4) is 5.75 Å². The van der Waals surface area contributed by atoms with Crippen molar-refractivity contribution in [3.05, 3.63) is 33.9 Å². The van der Waals surface area contributed by atoms with Crippen LogP contribution in [-0.2, 0) is 5.92 Å². The molecular weight excluding hydrogens is 339 g/mol. The maximum absolute atomic E-state index is 13.6. The van der Waals surface area contributed by atoms with E-state index in [4.69, 9.17) is 4.74 Å². The number of non-ortho nitro benzene ring substituents is 1. The molecular formula is C14H15F5N2O3. The number of ether oxygens (including phenoxy) is 1. The first-order chi connectivity index (χ1) is 11.1. The van der Waals surface area contributed by atoms with Crippen LogP contribution < -0.4 is 10.1 Å². The molecule has 0 saturated carbocycles. The second-order valence-corrected chi connectivity index (χ2v) is 5.51. The fourth-order valence-corrected chi connectivity index (χ4v) is 2.41. The van der Waals surface area contributed by atoms with Gasteiger partial charge in [0.2, 0.25) is 0 Å². The molecule has 1 N–H and O–H groups in total. The minimum absolute atomic E-state index is 0.0159. The summed E-state index contributed by atoms with van der Waals surface area (Å²) in [6, 6.07) is 1.60. The Balaban J connectivity index is 2.30. The van der Waals surface area contributed by atoms with Gasteiger partial charge in [0.15, 0.2) is 0 Å². The Morgan fingerprint density at radius 1 is 1.21 bits per heavy atom. The van der Waals surface area contributed by atoms with Crippen LogP contribution in [-0.4, -0.2) is 30.8 Å². The third-order valence-electron chi connectivity index (χ3n) is 3.80. The van der Waals surface area contributed by atoms with E-state index in [1.807, 2.05) is 0 Å². The number of alkyl halides is 5. The van der Waals surface area contributed by atoms with Crippen molar-refractivity contribution < 1.29 is 31.6 Å².